The molecule has 3 aromatic rings. The lowest BCUT2D eigenvalue weighted by molar-refractivity contribution is -0.146. The molecule has 0 aliphatic carbocycles. The average molecular weight is 684 g/mol. The number of para-hydroxylation sites is 1. The smallest absolute Gasteiger partial charge is 0.251 e. The lowest BCUT2D eigenvalue weighted by Crippen LogP contribution is -2.58. The molecule has 9 heteroatoms. The minimum atomic E-state index is -0.932. The standard InChI is InChI=1S/C39H42ClN3O4S/c1-4-22-41(25-28-16-10-7-11-17-28)35(45)32-33-36(46)43(29(26-44)24-27-14-8-6-9-15-27)34(39(33)21-20-38(32,3)48-39)37(47)42(23-5-2)31-19-13-12-18-30(31)40/h4-19,29,32-34,44H,1-2,20-26H2,3H3/t29-,32-,33+,34?,38+,39?/m1/s1. The Balaban J connectivity index is 1.46. The zero-order chi connectivity index (χ0) is 34.1. The summed E-state index contributed by atoms with van der Waals surface area (Å²) in [5.41, 5.74) is 2.45. The fourth-order valence-electron chi connectivity index (χ4n) is 8.19. The van der Waals surface area contributed by atoms with Crippen LogP contribution < -0.4 is 4.90 Å². The van der Waals surface area contributed by atoms with Crippen LogP contribution in [0.1, 0.15) is 30.9 Å². The molecule has 0 aromatic heterocycles. The van der Waals surface area contributed by atoms with Gasteiger partial charge >= 0.3 is 0 Å². The molecule has 2 bridgehead atoms. The highest BCUT2D eigenvalue weighted by Crippen LogP contribution is 2.72. The van der Waals surface area contributed by atoms with E-state index >= 15 is 9.59 Å². The van der Waals surface area contributed by atoms with Gasteiger partial charge in [0.15, 0.2) is 0 Å². The Kier molecular flexibility index (Phi) is 9.88. The van der Waals surface area contributed by atoms with Crippen LogP contribution in [-0.4, -0.2) is 73.9 Å². The van der Waals surface area contributed by atoms with Gasteiger partial charge in [-0.2, -0.15) is 0 Å². The van der Waals surface area contributed by atoms with Gasteiger partial charge in [-0.05, 0) is 49.4 Å². The largest absolute Gasteiger partial charge is 0.394 e. The van der Waals surface area contributed by atoms with Crippen molar-refractivity contribution in [2.75, 3.05) is 24.6 Å². The Morgan fingerprint density at radius 1 is 0.958 bits per heavy atom. The Hall–Kier alpha value is -3.85. The number of likely N-dealkylation sites (tertiary alicyclic amines) is 1. The van der Waals surface area contributed by atoms with Gasteiger partial charge in [0.2, 0.25) is 11.8 Å². The maximum Gasteiger partial charge on any atom is 0.251 e. The first-order valence-corrected chi connectivity index (χ1v) is 17.7. The highest BCUT2D eigenvalue weighted by atomic mass is 35.5. The number of thioether (sulfide) groups is 1. The van der Waals surface area contributed by atoms with Crippen LogP contribution in [0.2, 0.25) is 5.02 Å². The third-order valence-electron chi connectivity index (χ3n) is 10.2. The Morgan fingerprint density at radius 3 is 2.21 bits per heavy atom. The van der Waals surface area contributed by atoms with Crippen molar-refractivity contribution < 1.29 is 19.5 Å². The Morgan fingerprint density at radius 2 is 1.58 bits per heavy atom. The minimum absolute atomic E-state index is 0.112. The van der Waals surface area contributed by atoms with Crippen molar-refractivity contribution in [3.05, 3.63) is 126 Å². The number of carbonyl (C=O) groups excluding carboxylic acids is 3. The molecular weight excluding hydrogens is 642 g/mol. The first-order chi connectivity index (χ1) is 23.2. The van der Waals surface area contributed by atoms with E-state index in [4.69, 9.17) is 11.6 Å². The molecule has 0 saturated carbocycles. The van der Waals surface area contributed by atoms with Gasteiger partial charge in [0.1, 0.15) is 6.04 Å². The van der Waals surface area contributed by atoms with E-state index in [0.717, 1.165) is 11.1 Å². The van der Waals surface area contributed by atoms with Gasteiger partial charge in [0, 0.05) is 24.4 Å². The van der Waals surface area contributed by atoms with Gasteiger partial charge in [0.25, 0.3) is 5.91 Å². The third-order valence-corrected chi connectivity index (χ3v) is 12.5. The number of halogens is 1. The van der Waals surface area contributed by atoms with Crippen molar-refractivity contribution in [1.29, 1.82) is 0 Å². The number of hydrogen-bond donors (Lipinski definition) is 1. The average Bonchev–Trinajstić information content (AvgIpc) is 3.67. The molecule has 6 rings (SSSR count). The van der Waals surface area contributed by atoms with E-state index in [1.807, 2.05) is 66.7 Å². The highest BCUT2D eigenvalue weighted by molar-refractivity contribution is 8.02. The van der Waals surface area contributed by atoms with E-state index in [2.05, 4.69) is 20.1 Å². The summed E-state index contributed by atoms with van der Waals surface area (Å²) in [6.07, 6.45) is 5.00. The fraction of sp³-hybridized carbons (Fsp3) is 0.359. The molecule has 3 amide bonds. The summed E-state index contributed by atoms with van der Waals surface area (Å²) in [5.74, 6) is -2.06. The summed E-state index contributed by atoms with van der Waals surface area (Å²) in [4.78, 5) is 49.9. The predicted molar refractivity (Wildman–Crippen MR) is 193 cm³/mol. The van der Waals surface area contributed by atoms with Gasteiger partial charge in [-0.25, -0.2) is 0 Å². The van der Waals surface area contributed by atoms with E-state index in [-0.39, 0.29) is 30.9 Å². The van der Waals surface area contributed by atoms with E-state index in [9.17, 15) is 9.90 Å². The van der Waals surface area contributed by atoms with Crippen molar-refractivity contribution in [2.24, 2.45) is 11.8 Å². The van der Waals surface area contributed by atoms with Gasteiger partial charge in [0.05, 0.1) is 39.9 Å². The molecule has 1 N–H and O–H groups in total. The van der Waals surface area contributed by atoms with Crippen molar-refractivity contribution in [3.8, 4) is 0 Å². The monoisotopic (exact) mass is 683 g/mol. The lowest BCUT2D eigenvalue weighted by atomic mass is 9.66. The van der Waals surface area contributed by atoms with Crippen LogP contribution in [-0.2, 0) is 27.3 Å². The number of benzene rings is 3. The number of aliphatic hydroxyl groups excluding tert-OH is 1. The molecule has 0 radical (unpaired) electrons. The van der Waals surface area contributed by atoms with Crippen LogP contribution in [0.4, 0.5) is 5.69 Å². The molecule has 6 atom stereocenters. The molecular formula is C39H42ClN3O4S. The van der Waals surface area contributed by atoms with Crippen LogP contribution in [0.25, 0.3) is 0 Å². The van der Waals surface area contributed by atoms with Gasteiger partial charge in [-0.15, -0.1) is 24.9 Å². The van der Waals surface area contributed by atoms with Crippen LogP contribution in [0.5, 0.6) is 0 Å². The third kappa shape index (κ3) is 5.88. The second kappa shape index (κ2) is 13.9. The van der Waals surface area contributed by atoms with Crippen LogP contribution in [0, 0.1) is 11.8 Å². The molecule has 3 fully saturated rings. The molecule has 1 spiro atoms. The molecule has 2 unspecified atom stereocenters. The topological polar surface area (TPSA) is 81.2 Å². The first-order valence-electron chi connectivity index (χ1n) is 16.5. The molecule has 48 heavy (non-hydrogen) atoms. The number of anilines is 1. The van der Waals surface area contributed by atoms with E-state index in [0.29, 0.717) is 43.1 Å². The summed E-state index contributed by atoms with van der Waals surface area (Å²) >= 11 is 8.28. The second-order valence-corrected chi connectivity index (χ2v) is 15.5. The summed E-state index contributed by atoms with van der Waals surface area (Å²) in [6.45, 7) is 10.5. The van der Waals surface area contributed by atoms with Gasteiger partial charge < -0.3 is 19.8 Å². The number of nitrogens with zero attached hydrogens (tertiary/aromatic N) is 3. The Bertz CT molecular complexity index is 1690. The summed E-state index contributed by atoms with van der Waals surface area (Å²) in [5, 5.41) is 11.3. The molecule has 3 aliphatic rings. The van der Waals surface area contributed by atoms with Crippen LogP contribution >= 0.6 is 23.4 Å². The molecule has 3 heterocycles. The fourth-order valence-corrected chi connectivity index (χ4v) is 10.8. The summed E-state index contributed by atoms with van der Waals surface area (Å²) in [6, 6.07) is 25.0. The number of aliphatic hydroxyl groups is 1. The van der Waals surface area contributed by atoms with Crippen molar-refractivity contribution in [2.45, 2.75) is 54.3 Å². The molecule has 3 aliphatic heterocycles. The van der Waals surface area contributed by atoms with Crippen molar-refractivity contribution >= 4 is 46.8 Å². The predicted octanol–water partition coefficient (Wildman–Crippen LogP) is 6.16. The maximum absolute atomic E-state index is 15.1. The zero-order valence-corrected chi connectivity index (χ0v) is 28.8. The number of carbonyl (C=O) groups is 3. The normalized spacial score (nSPS) is 26.2. The van der Waals surface area contributed by atoms with Crippen LogP contribution in [0.3, 0.4) is 0 Å². The second-order valence-electron chi connectivity index (χ2n) is 13.2. The number of amides is 3. The number of fused-ring (bicyclic) bond motifs is 1. The number of hydrogen-bond acceptors (Lipinski definition) is 5. The SMILES string of the molecule is C=CCN(Cc1ccccc1)C(=O)[C@H]1[C@H]2C(=O)N([C@@H](CO)Cc3ccccc3)C(C(=O)N(CC=C)c3ccccc3Cl)C23CC[C@]1(C)S3. The van der Waals surface area contributed by atoms with Crippen molar-refractivity contribution in [1.82, 2.24) is 9.80 Å². The lowest BCUT2D eigenvalue weighted by Gasteiger charge is -2.40. The quantitative estimate of drug-likeness (QED) is 0.219. The molecule has 3 saturated heterocycles. The van der Waals surface area contributed by atoms with E-state index in [1.165, 1.54) is 0 Å². The Labute approximate surface area is 292 Å². The van der Waals surface area contributed by atoms with E-state index < -0.39 is 33.4 Å². The van der Waals surface area contributed by atoms with Crippen molar-refractivity contribution in [3.63, 3.8) is 0 Å². The first kappa shape index (κ1) is 34.0. The minimum Gasteiger partial charge on any atom is -0.394 e. The molecule has 250 valence electrons. The maximum atomic E-state index is 15.1. The van der Waals surface area contributed by atoms with Gasteiger partial charge in [-0.3, -0.25) is 14.4 Å². The highest BCUT2D eigenvalue weighted by Gasteiger charge is 2.78. The zero-order valence-electron chi connectivity index (χ0n) is 27.2. The summed E-state index contributed by atoms with van der Waals surface area (Å²) < 4.78 is -1.43. The summed E-state index contributed by atoms with van der Waals surface area (Å²) in [7, 11) is 0. The number of rotatable bonds is 13. The van der Waals surface area contributed by atoms with E-state index in [1.54, 1.807) is 56.8 Å². The van der Waals surface area contributed by atoms with Gasteiger partial charge in [-0.1, -0.05) is 96.5 Å². The van der Waals surface area contributed by atoms with Crippen LogP contribution in [0.15, 0.2) is 110 Å². The molecule has 7 nitrogen and oxygen atoms in total. The molecule has 3 aromatic carbocycles.